The van der Waals surface area contributed by atoms with Gasteiger partial charge in [0.25, 0.3) is 27.8 Å². The van der Waals surface area contributed by atoms with Gasteiger partial charge in [0.2, 0.25) is 0 Å². The molecule has 0 spiro atoms. The van der Waals surface area contributed by atoms with Gasteiger partial charge in [-0.3, -0.25) is 74.4 Å². The molecular formula is C105H94F9N23O8. The number of anilines is 5. The van der Waals surface area contributed by atoms with E-state index in [1.165, 1.54) is 72.6 Å². The van der Waals surface area contributed by atoms with Gasteiger partial charge in [-0.15, -0.1) is 0 Å². The van der Waals surface area contributed by atoms with Crippen LogP contribution < -0.4 is 67.7 Å². The lowest BCUT2D eigenvalue weighted by Crippen LogP contribution is -2.45. The van der Waals surface area contributed by atoms with Crippen molar-refractivity contribution in [1.29, 1.82) is 0 Å². The molecule has 740 valence electrons. The van der Waals surface area contributed by atoms with E-state index in [9.17, 15) is 41.5 Å². The molecule has 0 atom stereocenters. The molecule has 0 bridgehead atoms. The second-order valence-corrected chi connectivity index (χ2v) is 35.5. The number of hydrogen-bond acceptors (Lipinski definition) is 21. The number of piperazine rings is 1. The van der Waals surface area contributed by atoms with Crippen LogP contribution in [0.1, 0.15) is 18.4 Å². The molecule has 0 amide bonds. The third-order valence-corrected chi connectivity index (χ3v) is 26.8. The summed E-state index contributed by atoms with van der Waals surface area (Å²) >= 11 is 0. The Morgan fingerprint density at radius 1 is 0.317 bits per heavy atom. The number of H-pyrrole nitrogens is 5. The smallest absolute Gasteiger partial charge is 0.418 e. The Hall–Kier alpha value is -16.4. The zero-order valence-electron chi connectivity index (χ0n) is 78.2. The first-order valence-electron chi connectivity index (χ1n) is 47.3. The SMILES string of the molecule is COc1ccc(-n2[nH]c3c(cnc4c(F)c(N5CCN(C)CC5)c(F)cc43)c2=O)cc1.O=c1c2cnc3c(F)c(N4CCCNCC4)ccc3c2[nH]n1-c1ccccc1.O=c1c2cnc3c(F)c(N4CCOCC4)c(F)cc3c2[nH]n1-c1ccccc1.O=c1c2cnc3c(F)c(N4CCOCC4)ccc3c2[nH]n1-c1ccccc1.O=c1c2cnc3cc(N4CCCNCC4)c(C(F)(F)F)cc3c2[nH]n1-c1ccccc1. The monoisotopic (exact) mass is 1980 g/mol. The Morgan fingerprint density at radius 3 is 1.03 bits per heavy atom. The fraction of sp³-hybridized carbons (Fsp3) is 0.238. The van der Waals surface area contributed by atoms with Gasteiger partial charge in [0, 0.05) is 150 Å². The lowest BCUT2D eigenvalue weighted by atomic mass is 10.0. The molecule has 10 aromatic carbocycles. The van der Waals surface area contributed by atoms with Crippen LogP contribution in [0.3, 0.4) is 0 Å². The molecule has 7 N–H and O–H groups in total. The van der Waals surface area contributed by atoms with E-state index < -0.39 is 35.0 Å². The number of hydrogen-bond donors (Lipinski definition) is 7. The van der Waals surface area contributed by atoms with Gasteiger partial charge in [0.05, 0.1) is 145 Å². The molecule has 0 saturated carbocycles. The molecular weight excluding hydrogens is 1880 g/mol. The van der Waals surface area contributed by atoms with E-state index in [1.54, 1.807) is 107 Å². The number of morpholine rings is 2. The van der Waals surface area contributed by atoms with E-state index in [0.29, 0.717) is 174 Å². The molecule has 25 rings (SSSR count). The largest absolute Gasteiger partial charge is 0.497 e. The van der Waals surface area contributed by atoms with Crippen LogP contribution in [0, 0.1) is 34.9 Å². The molecule has 5 aliphatic heterocycles. The van der Waals surface area contributed by atoms with Crippen LogP contribution in [0.5, 0.6) is 5.75 Å². The standard InChI is InChI=1S/C22H20F3N5O.C22H21F2N5O2.C21H20FN5O.C20H16F2N4O2.C20H17FN4O2/c23-22(24,25)17-11-15-18(12-19(17)29-9-4-7-26-8-10-29)27-13-16-20(15)28-30(21(16)31)14-5-2-1-3-6-14;1-27-7-9-28(10-8-27)21-17(23)11-15-19-16(12-25-20(15)18(21)24)22(30)29(26-19)13-3-5-14(31-2)6-4-13;22-18-17(26-11-4-9-23-10-12-26)8-7-15-19-16(13-24-20(15)18)21(28)27(25-19)14-5-2-1-3-6-14;21-15-10-13-17-14(20(27)26(24-17)12-4-2-1-3-5-12)11-23-18(13)16(22)19(15)25-6-8-28-9-7-25;21-17-16(24-8-10-27-11-9-24)7-6-14-18-15(12-22-19(14)17)20(26)25(23-18)13-4-2-1-3-5-13/h1-3,5-6,11-13,26,28H,4,7-10H2;3-6,11-12,26H,7-10H2,1-2H3;1-3,5-8,13,23,25H,4,9-12H2;1-5,10-11,24H,6-9H2;1-7,12,23H,8-11H2. The van der Waals surface area contributed by atoms with E-state index >= 15 is 22.0 Å². The minimum absolute atomic E-state index is 0.0249. The summed E-state index contributed by atoms with van der Waals surface area (Å²) in [6.45, 7) is 12.3. The van der Waals surface area contributed by atoms with Crippen molar-refractivity contribution in [3.8, 4) is 34.2 Å². The molecule has 0 aliphatic carbocycles. The fourth-order valence-corrected chi connectivity index (χ4v) is 19.3. The van der Waals surface area contributed by atoms with Crippen LogP contribution in [0.25, 0.3) is 137 Å². The molecule has 145 heavy (non-hydrogen) atoms. The number of halogens is 9. The number of para-hydroxylation sites is 4. The predicted molar refractivity (Wildman–Crippen MR) is 542 cm³/mol. The summed E-state index contributed by atoms with van der Waals surface area (Å²) in [4.78, 5) is 96.5. The molecule has 10 aromatic heterocycles. The number of rotatable bonds is 11. The van der Waals surface area contributed by atoms with Crippen molar-refractivity contribution in [3.63, 3.8) is 0 Å². The molecule has 40 heteroatoms. The molecule has 31 nitrogen and oxygen atoms in total. The van der Waals surface area contributed by atoms with Crippen LogP contribution in [0.4, 0.5) is 68.0 Å². The Bertz CT molecular complexity index is 8600. The summed E-state index contributed by atoms with van der Waals surface area (Å²) in [6.07, 6.45) is 4.21. The highest BCUT2D eigenvalue weighted by molar-refractivity contribution is 6.08. The molecule has 5 aliphatic rings. The Balaban J connectivity index is 0.000000107. The van der Waals surface area contributed by atoms with Crippen LogP contribution in [0.15, 0.2) is 249 Å². The number of methoxy groups -OCH3 is 1. The summed E-state index contributed by atoms with van der Waals surface area (Å²) in [5, 5.41) is 25.3. The second-order valence-electron chi connectivity index (χ2n) is 35.5. The number of aromatic amines is 5. The number of nitrogens with zero attached hydrogens (tertiary/aromatic N) is 16. The van der Waals surface area contributed by atoms with Crippen molar-refractivity contribution in [2.45, 2.75) is 19.0 Å². The zero-order valence-corrected chi connectivity index (χ0v) is 78.2. The Labute approximate surface area is 816 Å². The number of alkyl halides is 3. The minimum atomic E-state index is -4.53. The number of benzene rings is 10. The minimum Gasteiger partial charge on any atom is -0.497 e. The number of fused-ring (bicyclic) bond motifs is 15. The highest BCUT2D eigenvalue weighted by Crippen LogP contribution is 2.43. The van der Waals surface area contributed by atoms with Crippen molar-refractivity contribution in [1.82, 2.24) is 89.4 Å². The first kappa shape index (κ1) is 94.8. The molecule has 0 radical (unpaired) electrons. The summed E-state index contributed by atoms with van der Waals surface area (Å²) in [5.41, 5.74) is 5.36. The topological polar surface area (TPSA) is 325 Å². The van der Waals surface area contributed by atoms with Gasteiger partial charge < -0.3 is 54.2 Å². The van der Waals surface area contributed by atoms with Crippen LogP contribution in [-0.4, -0.2) is 224 Å². The highest BCUT2D eigenvalue weighted by Gasteiger charge is 2.37. The number of aromatic nitrogens is 15. The van der Waals surface area contributed by atoms with Gasteiger partial charge in [0.15, 0.2) is 23.3 Å². The first-order valence-corrected chi connectivity index (χ1v) is 47.3. The van der Waals surface area contributed by atoms with Crippen molar-refractivity contribution in [2.24, 2.45) is 0 Å². The Kier molecular flexibility index (Phi) is 26.3. The van der Waals surface area contributed by atoms with Gasteiger partial charge in [-0.1, -0.05) is 72.8 Å². The summed E-state index contributed by atoms with van der Waals surface area (Å²) in [6, 6.07) is 55.7. The number of ether oxygens (including phenoxy) is 3. The van der Waals surface area contributed by atoms with Crippen LogP contribution in [0.2, 0.25) is 0 Å². The Morgan fingerprint density at radius 2 is 0.648 bits per heavy atom. The number of nitrogens with one attached hydrogen (secondary N) is 7. The van der Waals surface area contributed by atoms with Crippen molar-refractivity contribution in [3.05, 3.63) is 317 Å². The molecule has 0 unspecified atom stereocenters. The average Bonchev–Trinajstić information content (AvgIpc) is 1.64. The molecule has 5 fully saturated rings. The summed E-state index contributed by atoms with van der Waals surface area (Å²) < 4.78 is 156. The molecule has 20 aromatic rings. The van der Waals surface area contributed by atoms with E-state index in [2.05, 4.69) is 70.8 Å². The summed E-state index contributed by atoms with van der Waals surface area (Å²) in [7, 11) is 3.54. The highest BCUT2D eigenvalue weighted by atomic mass is 19.4. The van der Waals surface area contributed by atoms with Gasteiger partial charge in [-0.2, -0.15) is 13.2 Å². The average molecular weight is 1980 g/mol. The van der Waals surface area contributed by atoms with Crippen LogP contribution >= 0.6 is 0 Å². The quantitative estimate of drug-likeness (QED) is 0.0592. The van der Waals surface area contributed by atoms with E-state index in [4.69, 9.17) is 14.2 Å². The third kappa shape index (κ3) is 18.2. The lowest BCUT2D eigenvalue weighted by molar-refractivity contribution is -0.137. The zero-order chi connectivity index (χ0) is 100. The third-order valence-electron chi connectivity index (χ3n) is 26.8. The van der Waals surface area contributed by atoms with Gasteiger partial charge >= 0.3 is 6.18 Å². The summed E-state index contributed by atoms with van der Waals surface area (Å²) in [5.74, 6) is -2.84. The lowest BCUT2D eigenvalue weighted by Gasteiger charge is -2.34. The van der Waals surface area contributed by atoms with Gasteiger partial charge in [0.1, 0.15) is 50.8 Å². The van der Waals surface area contributed by atoms with E-state index in [-0.39, 0.29) is 111 Å². The second kappa shape index (κ2) is 40.2. The fourth-order valence-electron chi connectivity index (χ4n) is 19.3. The normalized spacial score (nSPS) is 15.2. The van der Waals surface area contributed by atoms with Gasteiger partial charge in [-0.25, -0.2) is 49.8 Å². The van der Waals surface area contributed by atoms with Gasteiger partial charge in [-0.05, 0) is 154 Å². The van der Waals surface area contributed by atoms with Crippen molar-refractivity contribution in [2.75, 3.05) is 170 Å². The maximum Gasteiger partial charge on any atom is 0.418 e. The molecule has 15 heterocycles. The van der Waals surface area contributed by atoms with Crippen molar-refractivity contribution >= 4 is 137 Å². The number of likely N-dealkylation sites (N-methyl/N-ethyl adjacent to an activating group) is 1. The van der Waals surface area contributed by atoms with E-state index in [1.807, 2.05) is 96.9 Å². The first-order chi connectivity index (χ1) is 70.5. The maximum absolute atomic E-state index is 15.4. The van der Waals surface area contributed by atoms with E-state index in [0.717, 1.165) is 76.1 Å². The molecule has 5 saturated heterocycles. The maximum atomic E-state index is 15.4. The van der Waals surface area contributed by atoms with Crippen LogP contribution in [-0.2, 0) is 15.7 Å². The number of pyridine rings is 5. The predicted octanol–water partition coefficient (Wildman–Crippen LogP) is 15.2. The van der Waals surface area contributed by atoms with Crippen molar-refractivity contribution < 1.29 is 53.7 Å².